The fourth-order valence-corrected chi connectivity index (χ4v) is 2.95. The van der Waals surface area contributed by atoms with E-state index < -0.39 is 10.0 Å². The van der Waals surface area contributed by atoms with E-state index in [0.717, 1.165) is 0 Å². The maximum absolute atomic E-state index is 2.34. The van der Waals surface area contributed by atoms with E-state index in [1.54, 1.807) is 4.90 Å². The van der Waals surface area contributed by atoms with Crippen molar-refractivity contribution in [3.63, 3.8) is 0 Å². The van der Waals surface area contributed by atoms with Crippen LogP contribution in [0.4, 0.5) is 0 Å². The maximum Gasteiger partial charge on any atom is -0.00743 e. The summed E-state index contributed by atoms with van der Waals surface area (Å²) in [5.74, 6) is 0. The lowest BCUT2D eigenvalue weighted by molar-refractivity contribution is 1.22. The molecule has 0 unspecified atom stereocenters. The van der Waals surface area contributed by atoms with Crippen LogP contribution in [0.3, 0.4) is 0 Å². The lowest BCUT2D eigenvalue weighted by atomic mass is 10.1. The molecule has 0 aliphatic heterocycles. The highest BCUT2D eigenvalue weighted by atomic mass is 32.3. The van der Waals surface area contributed by atoms with Gasteiger partial charge in [-0.1, -0.05) is 12.1 Å². The van der Waals surface area contributed by atoms with Crippen LogP contribution in [0.2, 0.25) is 0 Å². The van der Waals surface area contributed by atoms with E-state index in [-0.39, 0.29) is 0 Å². The first kappa shape index (κ1) is 9.66. The van der Waals surface area contributed by atoms with Crippen molar-refractivity contribution in [1.82, 2.24) is 0 Å². The lowest BCUT2D eigenvalue weighted by Crippen LogP contribution is -1.97. The highest BCUT2D eigenvalue weighted by Gasteiger charge is 2.10. The third kappa shape index (κ3) is 1.84. The smallest absolute Gasteiger partial charge is 0.00743 e. The van der Waals surface area contributed by atoms with Crippen molar-refractivity contribution in [1.29, 1.82) is 0 Å². The zero-order valence-electron chi connectivity index (χ0n) is 8.64. The molecule has 1 heteroatoms. The molecule has 0 atom stereocenters. The number of rotatable bonds is 1. The van der Waals surface area contributed by atoms with Gasteiger partial charge in [-0.2, -0.15) is 0 Å². The van der Waals surface area contributed by atoms with Crippen LogP contribution in [0.1, 0.15) is 11.1 Å². The molecule has 0 aliphatic rings. The van der Waals surface area contributed by atoms with Crippen molar-refractivity contribution in [2.45, 2.75) is 18.7 Å². The molecule has 1 aromatic rings. The molecular weight excluding hydrogens is 164 g/mol. The van der Waals surface area contributed by atoms with Crippen molar-refractivity contribution in [2.75, 3.05) is 18.8 Å². The van der Waals surface area contributed by atoms with Gasteiger partial charge in [-0.15, -0.1) is 0 Å². The second-order valence-corrected chi connectivity index (χ2v) is 8.15. The molecule has 12 heavy (non-hydrogen) atoms. The number of benzene rings is 1. The summed E-state index contributed by atoms with van der Waals surface area (Å²) in [5.41, 5.74) is 2.88. The molecule has 0 aromatic heterocycles. The van der Waals surface area contributed by atoms with Crippen molar-refractivity contribution >= 4 is 10.0 Å². The van der Waals surface area contributed by atoms with Gasteiger partial charge >= 0.3 is 0 Å². The molecule has 0 aliphatic carbocycles. The fraction of sp³-hybridized carbons (Fsp3) is 0.455. The van der Waals surface area contributed by atoms with E-state index in [4.69, 9.17) is 0 Å². The first-order chi connectivity index (χ1) is 5.43. The van der Waals surface area contributed by atoms with Crippen LogP contribution in [0.15, 0.2) is 23.1 Å². The van der Waals surface area contributed by atoms with Gasteiger partial charge in [0.05, 0.1) is 0 Å². The summed E-state index contributed by atoms with van der Waals surface area (Å²) >= 11 is 0. The van der Waals surface area contributed by atoms with Gasteiger partial charge in [-0.25, -0.2) is 10.0 Å². The topological polar surface area (TPSA) is 0 Å². The Labute approximate surface area is 77.3 Å². The van der Waals surface area contributed by atoms with Crippen molar-refractivity contribution in [3.8, 4) is 0 Å². The zero-order valence-corrected chi connectivity index (χ0v) is 9.46. The molecule has 0 nitrogen and oxygen atoms in total. The monoisotopic (exact) mass is 182 g/mol. The van der Waals surface area contributed by atoms with Gasteiger partial charge in [0, 0.05) is 0 Å². The van der Waals surface area contributed by atoms with E-state index in [0.29, 0.717) is 0 Å². The predicted molar refractivity (Wildman–Crippen MR) is 59.5 cm³/mol. The Bertz CT molecular complexity index is 282. The minimum Gasteiger partial charge on any atom is -0.223 e. The summed E-state index contributed by atoms with van der Waals surface area (Å²) in [7, 11) is -0.556. The molecule has 0 fully saturated rings. The Kier molecular flexibility index (Phi) is 2.52. The molecule has 0 N–H and O–H groups in total. The van der Waals surface area contributed by atoms with Crippen LogP contribution in [-0.2, 0) is 0 Å². The molecule has 68 valence electrons. The SMILES string of the molecule is Cc1cccc(S(C)(C)C)c1C. The summed E-state index contributed by atoms with van der Waals surface area (Å²) in [6.07, 6.45) is 7.03. The van der Waals surface area contributed by atoms with Gasteiger partial charge in [0.15, 0.2) is 0 Å². The second kappa shape index (κ2) is 3.14. The number of aryl methyl sites for hydroxylation is 1. The first-order valence-corrected chi connectivity index (χ1v) is 7.03. The molecule has 0 saturated carbocycles. The van der Waals surface area contributed by atoms with Crippen molar-refractivity contribution < 1.29 is 0 Å². The maximum atomic E-state index is 2.34. The number of hydrogen-bond acceptors (Lipinski definition) is 0. The quantitative estimate of drug-likeness (QED) is 0.625. The predicted octanol–water partition coefficient (Wildman–Crippen LogP) is 3.36. The van der Waals surface area contributed by atoms with Gasteiger partial charge < -0.3 is 0 Å². The molecule has 0 spiro atoms. The minimum absolute atomic E-state index is 0.556. The Hall–Kier alpha value is -0.430. The van der Waals surface area contributed by atoms with Gasteiger partial charge in [0.1, 0.15) is 0 Å². The Balaban J connectivity index is 3.26. The van der Waals surface area contributed by atoms with E-state index in [1.165, 1.54) is 11.1 Å². The van der Waals surface area contributed by atoms with Gasteiger partial charge in [0.2, 0.25) is 0 Å². The second-order valence-electron chi connectivity index (χ2n) is 4.04. The largest absolute Gasteiger partial charge is 0.223 e. The van der Waals surface area contributed by atoms with E-state index in [2.05, 4.69) is 50.8 Å². The summed E-state index contributed by atoms with van der Waals surface area (Å²) < 4.78 is 0. The zero-order chi connectivity index (χ0) is 9.35. The third-order valence-corrected chi connectivity index (χ3v) is 3.98. The van der Waals surface area contributed by atoms with Crippen LogP contribution in [0.25, 0.3) is 0 Å². The average Bonchev–Trinajstić information content (AvgIpc) is 1.92. The summed E-state index contributed by atoms with van der Waals surface area (Å²) in [4.78, 5) is 1.54. The standard InChI is InChI=1S/C11H18S/c1-9-7-6-8-11(10(9)2)12(3,4)5/h6-8H,1-5H3. The molecule has 0 amide bonds. The molecule has 1 rings (SSSR count). The van der Waals surface area contributed by atoms with Crippen molar-refractivity contribution in [3.05, 3.63) is 29.3 Å². The molecular formula is C11H18S. The lowest BCUT2D eigenvalue weighted by Gasteiger charge is -2.28. The highest BCUT2D eigenvalue weighted by molar-refractivity contribution is 8.32. The van der Waals surface area contributed by atoms with Crippen LogP contribution in [0, 0.1) is 13.8 Å². The molecule has 1 aromatic carbocycles. The van der Waals surface area contributed by atoms with E-state index in [1.807, 2.05) is 0 Å². The molecule has 0 radical (unpaired) electrons. The molecule has 0 saturated heterocycles. The number of hydrogen-bond donors (Lipinski definition) is 0. The summed E-state index contributed by atoms with van der Waals surface area (Å²) in [6, 6.07) is 6.61. The van der Waals surface area contributed by atoms with Crippen molar-refractivity contribution in [2.24, 2.45) is 0 Å². The third-order valence-electron chi connectivity index (χ3n) is 2.21. The Morgan fingerprint density at radius 1 is 1.00 bits per heavy atom. The summed E-state index contributed by atoms with van der Waals surface area (Å²) in [6.45, 7) is 4.41. The molecule has 0 bridgehead atoms. The normalized spacial score (nSPS) is 13.1. The van der Waals surface area contributed by atoms with E-state index in [9.17, 15) is 0 Å². The Morgan fingerprint density at radius 2 is 1.58 bits per heavy atom. The first-order valence-electron chi connectivity index (χ1n) is 4.17. The highest BCUT2D eigenvalue weighted by Crippen LogP contribution is 2.47. The molecule has 0 heterocycles. The summed E-state index contributed by atoms with van der Waals surface area (Å²) in [5, 5.41) is 0. The van der Waals surface area contributed by atoms with Gasteiger partial charge in [-0.3, -0.25) is 0 Å². The van der Waals surface area contributed by atoms with Crippen LogP contribution in [-0.4, -0.2) is 18.8 Å². The Morgan fingerprint density at radius 3 is 2.00 bits per heavy atom. The minimum atomic E-state index is -0.556. The average molecular weight is 182 g/mol. The van der Waals surface area contributed by atoms with Crippen LogP contribution < -0.4 is 0 Å². The van der Waals surface area contributed by atoms with Crippen LogP contribution >= 0.6 is 10.0 Å². The fourth-order valence-electron chi connectivity index (χ4n) is 1.39. The van der Waals surface area contributed by atoms with Crippen LogP contribution in [0.5, 0.6) is 0 Å². The van der Waals surface area contributed by atoms with E-state index >= 15 is 0 Å². The van der Waals surface area contributed by atoms with Gasteiger partial charge in [0.25, 0.3) is 0 Å². The van der Waals surface area contributed by atoms with Gasteiger partial charge in [-0.05, 0) is 54.7 Å².